The zero-order chi connectivity index (χ0) is 23.3. The summed E-state index contributed by atoms with van der Waals surface area (Å²) in [6, 6.07) is 17.4. The van der Waals surface area contributed by atoms with Crippen molar-refractivity contribution in [1.29, 1.82) is 0 Å². The van der Waals surface area contributed by atoms with Gasteiger partial charge < -0.3 is 4.74 Å². The van der Waals surface area contributed by atoms with Gasteiger partial charge in [0.25, 0.3) is 0 Å². The molecule has 0 saturated carbocycles. The standard InChI is InChI=1S/C30H38FNO/c1-3-5-7-9-10-12-24-13-20-30(32-23-24)26-16-14-25(15-17-26)28-19-18-27(22-29(28)31)33-21-11-8-6-4-2/h13-20,22-23H,3-12,21H2,1-2H3. The molecule has 33 heavy (non-hydrogen) atoms. The normalized spacial score (nSPS) is 11.0. The fourth-order valence-electron chi connectivity index (χ4n) is 4.03. The van der Waals surface area contributed by atoms with Gasteiger partial charge in [-0.25, -0.2) is 4.39 Å². The summed E-state index contributed by atoms with van der Waals surface area (Å²) in [4.78, 5) is 4.65. The Morgan fingerprint density at radius 3 is 2.09 bits per heavy atom. The maximum atomic E-state index is 14.7. The van der Waals surface area contributed by atoms with Gasteiger partial charge >= 0.3 is 0 Å². The Morgan fingerprint density at radius 2 is 1.42 bits per heavy atom. The van der Waals surface area contributed by atoms with E-state index in [9.17, 15) is 4.39 Å². The highest BCUT2D eigenvalue weighted by atomic mass is 19.1. The number of aromatic nitrogens is 1. The first-order chi connectivity index (χ1) is 16.2. The van der Waals surface area contributed by atoms with E-state index in [0.29, 0.717) is 17.9 Å². The molecule has 0 bridgehead atoms. The van der Waals surface area contributed by atoms with Crippen molar-refractivity contribution < 1.29 is 9.13 Å². The van der Waals surface area contributed by atoms with Gasteiger partial charge in [-0.05, 0) is 48.6 Å². The van der Waals surface area contributed by atoms with Gasteiger partial charge in [0.15, 0.2) is 0 Å². The molecule has 3 aromatic rings. The van der Waals surface area contributed by atoms with Crippen molar-refractivity contribution in [3.05, 3.63) is 72.2 Å². The van der Waals surface area contributed by atoms with Crippen molar-refractivity contribution in [3.63, 3.8) is 0 Å². The van der Waals surface area contributed by atoms with E-state index in [2.05, 4.69) is 31.0 Å². The number of hydrogen-bond donors (Lipinski definition) is 0. The van der Waals surface area contributed by atoms with E-state index in [1.807, 2.05) is 36.5 Å². The molecular weight excluding hydrogens is 409 g/mol. The average Bonchev–Trinajstić information content (AvgIpc) is 2.84. The zero-order valence-electron chi connectivity index (χ0n) is 20.3. The summed E-state index contributed by atoms with van der Waals surface area (Å²) in [7, 11) is 0. The maximum absolute atomic E-state index is 14.7. The van der Waals surface area contributed by atoms with E-state index in [1.54, 1.807) is 6.07 Å². The number of halogens is 1. The molecule has 1 aromatic heterocycles. The summed E-state index contributed by atoms with van der Waals surface area (Å²) in [6.45, 7) is 5.07. The van der Waals surface area contributed by atoms with Crippen molar-refractivity contribution in [2.24, 2.45) is 0 Å². The Morgan fingerprint density at radius 1 is 0.727 bits per heavy atom. The van der Waals surface area contributed by atoms with E-state index in [1.165, 1.54) is 56.6 Å². The molecule has 2 nitrogen and oxygen atoms in total. The van der Waals surface area contributed by atoms with Crippen LogP contribution in [0.2, 0.25) is 0 Å². The van der Waals surface area contributed by atoms with Crippen molar-refractivity contribution in [1.82, 2.24) is 4.98 Å². The second kappa shape index (κ2) is 13.8. The third-order valence-corrected chi connectivity index (χ3v) is 6.09. The molecule has 2 aromatic carbocycles. The van der Waals surface area contributed by atoms with E-state index in [0.717, 1.165) is 36.1 Å². The van der Waals surface area contributed by atoms with Crippen LogP contribution in [0.25, 0.3) is 22.4 Å². The summed E-state index contributed by atoms with van der Waals surface area (Å²) in [5, 5.41) is 0. The van der Waals surface area contributed by atoms with Crippen molar-refractivity contribution in [3.8, 4) is 28.1 Å². The molecule has 0 atom stereocenters. The SMILES string of the molecule is CCCCCCCc1ccc(-c2ccc(-c3ccc(OCCCCCC)cc3F)cc2)nc1. The van der Waals surface area contributed by atoms with Crippen LogP contribution in [0, 0.1) is 5.82 Å². The van der Waals surface area contributed by atoms with Gasteiger partial charge in [-0.3, -0.25) is 4.98 Å². The molecule has 0 spiro atoms. The molecule has 0 fully saturated rings. The summed E-state index contributed by atoms with van der Waals surface area (Å²) in [5.41, 5.74) is 4.73. The van der Waals surface area contributed by atoms with Gasteiger partial charge in [-0.1, -0.05) is 89.1 Å². The molecule has 3 rings (SSSR count). The van der Waals surface area contributed by atoms with Crippen LogP contribution >= 0.6 is 0 Å². The Kier molecular flexibility index (Phi) is 10.4. The molecule has 0 saturated heterocycles. The number of unbranched alkanes of at least 4 members (excludes halogenated alkanes) is 7. The van der Waals surface area contributed by atoms with Gasteiger partial charge in [0.1, 0.15) is 11.6 Å². The molecule has 0 unspecified atom stereocenters. The fraction of sp³-hybridized carbons (Fsp3) is 0.433. The lowest BCUT2D eigenvalue weighted by Gasteiger charge is -2.10. The molecule has 1 heterocycles. The van der Waals surface area contributed by atoms with Gasteiger partial charge in [0, 0.05) is 23.4 Å². The molecule has 176 valence electrons. The van der Waals surface area contributed by atoms with Crippen LogP contribution in [0.15, 0.2) is 60.8 Å². The highest BCUT2D eigenvalue weighted by Crippen LogP contribution is 2.28. The smallest absolute Gasteiger partial charge is 0.134 e. The molecular formula is C30H38FNO. The largest absolute Gasteiger partial charge is 0.493 e. The lowest BCUT2D eigenvalue weighted by molar-refractivity contribution is 0.303. The molecule has 0 radical (unpaired) electrons. The molecule has 0 amide bonds. The van der Waals surface area contributed by atoms with Gasteiger partial charge in [0.05, 0.1) is 12.3 Å². The predicted octanol–water partition coefficient (Wildman–Crippen LogP) is 9.03. The minimum Gasteiger partial charge on any atom is -0.493 e. The first kappa shape index (κ1) is 25.0. The number of nitrogens with zero attached hydrogens (tertiary/aromatic N) is 1. The molecule has 0 N–H and O–H groups in total. The number of hydrogen-bond acceptors (Lipinski definition) is 2. The Hall–Kier alpha value is -2.68. The minimum absolute atomic E-state index is 0.254. The van der Waals surface area contributed by atoms with Gasteiger partial charge in [-0.15, -0.1) is 0 Å². The van der Waals surface area contributed by atoms with Crippen LogP contribution < -0.4 is 4.74 Å². The number of ether oxygens (including phenoxy) is 1. The van der Waals surface area contributed by atoms with Crippen molar-refractivity contribution >= 4 is 0 Å². The summed E-state index contributed by atoms with van der Waals surface area (Å²) >= 11 is 0. The predicted molar refractivity (Wildman–Crippen MR) is 137 cm³/mol. The third-order valence-electron chi connectivity index (χ3n) is 6.09. The topological polar surface area (TPSA) is 22.1 Å². The molecule has 3 heteroatoms. The number of aryl methyl sites for hydroxylation is 1. The van der Waals surface area contributed by atoms with Crippen LogP contribution in [0.1, 0.15) is 77.2 Å². The third kappa shape index (κ3) is 7.99. The van der Waals surface area contributed by atoms with Crippen LogP contribution in [-0.2, 0) is 6.42 Å². The monoisotopic (exact) mass is 447 g/mol. The second-order valence-corrected chi connectivity index (χ2v) is 8.84. The average molecular weight is 448 g/mol. The van der Waals surface area contributed by atoms with E-state index in [4.69, 9.17) is 4.74 Å². The summed E-state index contributed by atoms with van der Waals surface area (Å²) in [5.74, 6) is 0.342. The first-order valence-corrected chi connectivity index (χ1v) is 12.7. The van der Waals surface area contributed by atoms with Gasteiger partial charge in [0.2, 0.25) is 0 Å². The maximum Gasteiger partial charge on any atom is 0.134 e. The molecule has 0 aliphatic heterocycles. The van der Waals surface area contributed by atoms with Crippen molar-refractivity contribution in [2.75, 3.05) is 6.61 Å². The van der Waals surface area contributed by atoms with Crippen LogP contribution in [-0.4, -0.2) is 11.6 Å². The van der Waals surface area contributed by atoms with Crippen LogP contribution in [0.5, 0.6) is 5.75 Å². The Bertz CT molecular complexity index is 950. The summed E-state index contributed by atoms with van der Waals surface area (Å²) < 4.78 is 20.4. The Labute approximate surface area is 199 Å². The van der Waals surface area contributed by atoms with E-state index < -0.39 is 0 Å². The van der Waals surface area contributed by atoms with E-state index in [-0.39, 0.29) is 5.82 Å². The number of benzene rings is 2. The minimum atomic E-state index is -0.254. The van der Waals surface area contributed by atoms with Gasteiger partial charge in [-0.2, -0.15) is 0 Å². The van der Waals surface area contributed by atoms with E-state index >= 15 is 0 Å². The molecule has 0 aliphatic rings. The Balaban J connectivity index is 1.56. The highest BCUT2D eigenvalue weighted by Gasteiger charge is 2.08. The highest BCUT2D eigenvalue weighted by molar-refractivity contribution is 5.69. The first-order valence-electron chi connectivity index (χ1n) is 12.7. The lowest BCUT2D eigenvalue weighted by atomic mass is 10.0. The van der Waals surface area contributed by atoms with Crippen LogP contribution in [0.3, 0.4) is 0 Å². The lowest BCUT2D eigenvalue weighted by Crippen LogP contribution is -1.98. The zero-order valence-corrected chi connectivity index (χ0v) is 20.3. The number of rotatable bonds is 14. The second-order valence-electron chi connectivity index (χ2n) is 8.84. The summed E-state index contributed by atoms with van der Waals surface area (Å²) in [6.07, 6.45) is 14.1. The quantitative estimate of drug-likeness (QED) is 0.230. The molecule has 0 aliphatic carbocycles. The fourth-order valence-corrected chi connectivity index (χ4v) is 4.03. The van der Waals surface area contributed by atoms with Crippen LogP contribution in [0.4, 0.5) is 4.39 Å². The number of pyridine rings is 1. The van der Waals surface area contributed by atoms with Crippen molar-refractivity contribution in [2.45, 2.75) is 78.1 Å².